The van der Waals surface area contributed by atoms with Crippen LogP contribution in [0.2, 0.25) is 0 Å². The Kier molecular flexibility index (Phi) is 6.87. The second kappa shape index (κ2) is 8.16. The number of carbonyl (C=O) groups is 1. The van der Waals surface area contributed by atoms with Gasteiger partial charge in [-0.25, -0.2) is 0 Å². The molecule has 7 heteroatoms. The Balaban J connectivity index is 2.44. The molecule has 0 atom stereocenters. The van der Waals surface area contributed by atoms with Crippen LogP contribution in [0.4, 0.5) is 13.2 Å². The Labute approximate surface area is 119 Å². The summed E-state index contributed by atoms with van der Waals surface area (Å²) in [6.07, 6.45) is -3.76. The number of benzene rings is 1. The predicted octanol–water partition coefficient (Wildman–Crippen LogP) is 2.55. The summed E-state index contributed by atoms with van der Waals surface area (Å²) in [5.41, 5.74) is -0.831. The number of carbonyl (C=O) groups excluding carboxylic acids is 1. The number of amides is 1. The van der Waals surface area contributed by atoms with Crippen molar-refractivity contribution in [2.24, 2.45) is 0 Å². The summed E-state index contributed by atoms with van der Waals surface area (Å²) in [5.74, 6) is 0.930. The maximum absolute atomic E-state index is 12.5. The van der Waals surface area contributed by atoms with Crippen LogP contribution in [-0.4, -0.2) is 35.7 Å². The summed E-state index contributed by atoms with van der Waals surface area (Å²) in [4.78, 5) is 11.7. The topological polar surface area (TPSA) is 49.3 Å². The highest BCUT2D eigenvalue weighted by Gasteiger charge is 2.30. The first-order chi connectivity index (χ1) is 9.45. The van der Waals surface area contributed by atoms with Crippen LogP contribution >= 0.6 is 11.8 Å². The lowest BCUT2D eigenvalue weighted by Crippen LogP contribution is -2.26. The van der Waals surface area contributed by atoms with E-state index in [1.807, 2.05) is 0 Å². The molecule has 0 aliphatic carbocycles. The van der Waals surface area contributed by atoms with Crippen molar-refractivity contribution in [3.05, 3.63) is 35.4 Å². The Morgan fingerprint density at radius 1 is 1.30 bits per heavy atom. The molecule has 0 saturated heterocycles. The first kappa shape index (κ1) is 16.8. The number of hydrogen-bond acceptors (Lipinski definition) is 3. The highest BCUT2D eigenvalue weighted by atomic mass is 32.2. The molecule has 0 saturated carbocycles. The maximum Gasteiger partial charge on any atom is 0.416 e. The van der Waals surface area contributed by atoms with Gasteiger partial charge >= 0.3 is 6.18 Å². The molecule has 1 amide bonds. The minimum atomic E-state index is -4.45. The van der Waals surface area contributed by atoms with Crippen molar-refractivity contribution in [3.63, 3.8) is 0 Å². The molecule has 2 N–H and O–H groups in total. The molecule has 0 radical (unpaired) electrons. The largest absolute Gasteiger partial charge is 0.416 e. The number of hydrogen-bond donors (Lipinski definition) is 2. The molecule has 0 fully saturated rings. The number of alkyl halides is 3. The highest BCUT2D eigenvalue weighted by Crippen LogP contribution is 2.29. The monoisotopic (exact) mass is 307 g/mol. The van der Waals surface area contributed by atoms with Gasteiger partial charge in [-0.3, -0.25) is 4.79 Å². The number of aliphatic hydroxyl groups excluding tert-OH is 1. The summed E-state index contributed by atoms with van der Waals surface area (Å²) in [7, 11) is 0. The standard InChI is InChI=1S/C13H16F3NO2S/c14-13(15,16)11-4-1-3-10(9-11)12(19)17-5-8-20-7-2-6-18/h1,3-4,9,18H,2,5-8H2,(H,17,19). The Morgan fingerprint density at radius 3 is 2.70 bits per heavy atom. The molecule has 0 unspecified atom stereocenters. The van der Waals surface area contributed by atoms with E-state index in [1.54, 1.807) is 11.8 Å². The van der Waals surface area contributed by atoms with Crippen molar-refractivity contribution in [2.45, 2.75) is 12.6 Å². The third kappa shape index (κ3) is 5.83. The minimum Gasteiger partial charge on any atom is -0.396 e. The van der Waals surface area contributed by atoms with Crippen LogP contribution < -0.4 is 5.32 Å². The quantitative estimate of drug-likeness (QED) is 0.761. The van der Waals surface area contributed by atoms with Gasteiger partial charge in [-0.2, -0.15) is 24.9 Å². The first-order valence-corrected chi connectivity index (χ1v) is 7.24. The predicted molar refractivity (Wildman–Crippen MR) is 72.8 cm³/mol. The van der Waals surface area contributed by atoms with E-state index in [-0.39, 0.29) is 12.2 Å². The second-order valence-electron chi connectivity index (χ2n) is 4.02. The van der Waals surface area contributed by atoms with Gasteiger partial charge in [-0.15, -0.1) is 0 Å². The Hall–Kier alpha value is -1.21. The van der Waals surface area contributed by atoms with Crippen LogP contribution in [0.3, 0.4) is 0 Å². The minimum absolute atomic E-state index is 0.000170. The van der Waals surface area contributed by atoms with Crippen molar-refractivity contribution < 1.29 is 23.1 Å². The number of nitrogens with one attached hydrogen (secondary N) is 1. The van der Waals surface area contributed by atoms with Crippen molar-refractivity contribution >= 4 is 17.7 Å². The molecule has 0 aliphatic heterocycles. The summed E-state index contributed by atoms with van der Waals surface area (Å²) >= 11 is 1.57. The number of thioether (sulfide) groups is 1. The lowest BCUT2D eigenvalue weighted by atomic mass is 10.1. The molecule has 0 aliphatic rings. The molecule has 1 aromatic rings. The molecule has 0 spiro atoms. The SMILES string of the molecule is O=C(NCCSCCCO)c1cccc(C(F)(F)F)c1. The van der Waals surface area contributed by atoms with Gasteiger partial charge in [0.15, 0.2) is 0 Å². The van der Waals surface area contributed by atoms with E-state index in [0.29, 0.717) is 18.7 Å². The zero-order valence-electron chi connectivity index (χ0n) is 10.7. The highest BCUT2D eigenvalue weighted by molar-refractivity contribution is 7.99. The molecule has 112 valence electrons. The third-order valence-electron chi connectivity index (χ3n) is 2.43. The van der Waals surface area contributed by atoms with Gasteiger partial charge in [0.2, 0.25) is 0 Å². The van der Waals surface area contributed by atoms with E-state index in [0.717, 1.165) is 17.9 Å². The fraction of sp³-hybridized carbons (Fsp3) is 0.462. The normalized spacial score (nSPS) is 11.4. The van der Waals surface area contributed by atoms with Gasteiger partial charge in [0.05, 0.1) is 5.56 Å². The summed E-state index contributed by atoms with van der Waals surface area (Å²) in [6, 6.07) is 4.34. The van der Waals surface area contributed by atoms with Gasteiger partial charge in [-0.1, -0.05) is 6.07 Å². The zero-order valence-corrected chi connectivity index (χ0v) is 11.6. The summed E-state index contributed by atoms with van der Waals surface area (Å²) in [6.45, 7) is 0.509. The molecule has 3 nitrogen and oxygen atoms in total. The van der Waals surface area contributed by atoms with Crippen molar-refractivity contribution in [1.82, 2.24) is 5.32 Å². The summed E-state index contributed by atoms with van der Waals surface area (Å²) in [5, 5.41) is 11.1. The van der Waals surface area contributed by atoms with Crippen LogP contribution in [0.15, 0.2) is 24.3 Å². The fourth-order valence-electron chi connectivity index (χ4n) is 1.44. The summed E-state index contributed by atoms with van der Waals surface area (Å²) < 4.78 is 37.5. The Morgan fingerprint density at radius 2 is 2.05 bits per heavy atom. The number of rotatable bonds is 7. The molecule has 1 rings (SSSR count). The van der Waals surface area contributed by atoms with Gasteiger partial charge in [0, 0.05) is 24.5 Å². The zero-order chi connectivity index (χ0) is 15.0. The lowest BCUT2D eigenvalue weighted by molar-refractivity contribution is -0.137. The lowest BCUT2D eigenvalue weighted by Gasteiger charge is -2.09. The molecule has 0 aromatic heterocycles. The van der Waals surface area contributed by atoms with E-state index in [2.05, 4.69) is 5.32 Å². The Bertz CT molecular complexity index is 438. The number of halogens is 3. The van der Waals surface area contributed by atoms with E-state index in [9.17, 15) is 18.0 Å². The van der Waals surface area contributed by atoms with Crippen molar-refractivity contribution in [2.75, 3.05) is 24.7 Å². The van der Waals surface area contributed by atoms with Gasteiger partial charge in [0.25, 0.3) is 5.91 Å². The van der Waals surface area contributed by atoms with Gasteiger partial charge < -0.3 is 10.4 Å². The van der Waals surface area contributed by atoms with E-state index in [1.165, 1.54) is 12.1 Å². The molecule has 0 bridgehead atoms. The molecular weight excluding hydrogens is 291 g/mol. The third-order valence-corrected chi connectivity index (χ3v) is 3.50. The fourth-order valence-corrected chi connectivity index (χ4v) is 2.23. The van der Waals surface area contributed by atoms with E-state index < -0.39 is 17.6 Å². The molecule has 20 heavy (non-hydrogen) atoms. The van der Waals surface area contributed by atoms with Crippen molar-refractivity contribution in [1.29, 1.82) is 0 Å². The average Bonchev–Trinajstić information content (AvgIpc) is 2.41. The van der Waals surface area contributed by atoms with Crippen LogP contribution in [0.1, 0.15) is 22.3 Å². The second-order valence-corrected chi connectivity index (χ2v) is 5.25. The average molecular weight is 307 g/mol. The number of aliphatic hydroxyl groups is 1. The maximum atomic E-state index is 12.5. The first-order valence-electron chi connectivity index (χ1n) is 6.09. The van der Waals surface area contributed by atoms with Crippen LogP contribution in [-0.2, 0) is 6.18 Å². The van der Waals surface area contributed by atoms with Crippen LogP contribution in [0.5, 0.6) is 0 Å². The van der Waals surface area contributed by atoms with E-state index in [4.69, 9.17) is 5.11 Å². The molecular formula is C13H16F3NO2S. The van der Waals surface area contributed by atoms with Crippen LogP contribution in [0, 0.1) is 0 Å². The molecule has 0 heterocycles. The van der Waals surface area contributed by atoms with Crippen LogP contribution in [0.25, 0.3) is 0 Å². The molecule has 1 aromatic carbocycles. The van der Waals surface area contributed by atoms with Crippen molar-refractivity contribution in [3.8, 4) is 0 Å². The smallest absolute Gasteiger partial charge is 0.396 e. The van der Waals surface area contributed by atoms with Gasteiger partial charge in [-0.05, 0) is 30.4 Å². The van der Waals surface area contributed by atoms with Gasteiger partial charge in [0.1, 0.15) is 0 Å². The van der Waals surface area contributed by atoms with E-state index >= 15 is 0 Å².